The van der Waals surface area contributed by atoms with E-state index in [-0.39, 0.29) is 5.91 Å². The summed E-state index contributed by atoms with van der Waals surface area (Å²) in [6.07, 6.45) is 5.23. The van der Waals surface area contributed by atoms with Crippen molar-refractivity contribution in [3.8, 4) is 0 Å². The summed E-state index contributed by atoms with van der Waals surface area (Å²) in [5.74, 6) is -0.179. The summed E-state index contributed by atoms with van der Waals surface area (Å²) in [7, 11) is 1.79. The summed E-state index contributed by atoms with van der Waals surface area (Å²) >= 11 is 0. The van der Waals surface area contributed by atoms with Gasteiger partial charge in [0.2, 0.25) is 0 Å². The first-order valence-electron chi connectivity index (χ1n) is 6.59. The van der Waals surface area contributed by atoms with E-state index < -0.39 is 0 Å². The molecule has 4 nitrogen and oxygen atoms in total. The largest absolute Gasteiger partial charge is 0.321 e. The van der Waals surface area contributed by atoms with E-state index in [1.54, 1.807) is 24.0 Å². The number of aryl methyl sites for hydroxylation is 2. The SMILES string of the molecule is CCCCc1ccc(NC(=O)c2ccn(C)n2)cc1. The van der Waals surface area contributed by atoms with Gasteiger partial charge in [0.05, 0.1) is 0 Å². The maximum Gasteiger partial charge on any atom is 0.276 e. The van der Waals surface area contributed by atoms with E-state index in [0.717, 1.165) is 12.1 Å². The molecule has 4 heteroatoms. The minimum Gasteiger partial charge on any atom is -0.321 e. The van der Waals surface area contributed by atoms with Crippen LogP contribution in [0.1, 0.15) is 35.8 Å². The normalized spacial score (nSPS) is 10.4. The fourth-order valence-electron chi connectivity index (χ4n) is 1.87. The third-order valence-electron chi connectivity index (χ3n) is 2.98. The molecule has 0 aliphatic rings. The Morgan fingerprint density at radius 1 is 1.26 bits per heavy atom. The third-order valence-corrected chi connectivity index (χ3v) is 2.98. The van der Waals surface area contributed by atoms with E-state index in [2.05, 4.69) is 29.5 Å². The Labute approximate surface area is 113 Å². The number of carbonyl (C=O) groups is 1. The van der Waals surface area contributed by atoms with Crippen LogP contribution in [-0.4, -0.2) is 15.7 Å². The topological polar surface area (TPSA) is 46.9 Å². The van der Waals surface area contributed by atoms with Gasteiger partial charge in [-0.05, 0) is 36.6 Å². The summed E-state index contributed by atoms with van der Waals surface area (Å²) in [4.78, 5) is 11.9. The number of amides is 1. The zero-order chi connectivity index (χ0) is 13.7. The van der Waals surface area contributed by atoms with E-state index in [9.17, 15) is 4.79 Å². The summed E-state index contributed by atoms with van der Waals surface area (Å²) in [6.45, 7) is 2.18. The van der Waals surface area contributed by atoms with Gasteiger partial charge in [-0.3, -0.25) is 9.48 Å². The first-order chi connectivity index (χ1) is 9.19. The molecule has 0 saturated heterocycles. The van der Waals surface area contributed by atoms with Crippen LogP contribution < -0.4 is 5.32 Å². The van der Waals surface area contributed by atoms with Crippen molar-refractivity contribution in [2.24, 2.45) is 7.05 Å². The maximum atomic E-state index is 11.9. The minimum atomic E-state index is -0.179. The number of carbonyl (C=O) groups excluding carboxylic acids is 1. The second-order valence-electron chi connectivity index (χ2n) is 4.63. The molecule has 0 radical (unpaired) electrons. The molecule has 2 aromatic rings. The van der Waals surface area contributed by atoms with Gasteiger partial charge in [-0.1, -0.05) is 25.5 Å². The number of nitrogens with zero attached hydrogens (tertiary/aromatic N) is 2. The number of hydrogen-bond acceptors (Lipinski definition) is 2. The molecule has 1 heterocycles. The van der Waals surface area contributed by atoms with Gasteiger partial charge >= 0.3 is 0 Å². The smallest absolute Gasteiger partial charge is 0.276 e. The molecular formula is C15H19N3O. The Balaban J connectivity index is 1.97. The predicted octanol–water partition coefficient (Wildman–Crippen LogP) is 3.02. The quantitative estimate of drug-likeness (QED) is 0.895. The van der Waals surface area contributed by atoms with Gasteiger partial charge in [0.1, 0.15) is 0 Å². The van der Waals surface area contributed by atoms with E-state index in [1.165, 1.54) is 18.4 Å². The van der Waals surface area contributed by atoms with Crippen molar-refractivity contribution in [2.45, 2.75) is 26.2 Å². The van der Waals surface area contributed by atoms with E-state index in [1.807, 2.05) is 12.1 Å². The lowest BCUT2D eigenvalue weighted by Gasteiger charge is -2.05. The molecule has 0 atom stereocenters. The highest BCUT2D eigenvalue weighted by Crippen LogP contribution is 2.12. The number of hydrogen-bond donors (Lipinski definition) is 1. The van der Waals surface area contributed by atoms with Gasteiger partial charge in [0.15, 0.2) is 5.69 Å². The zero-order valence-corrected chi connectivity index (χ0v) is 11.4. The van der Waals surface area contributed by atoms with Crippen LogP contribution in [-0.2, 0) is 13.5 Å². The zero-order valence-electron chi connectivity index (χ0n) is 11.4. The van der Waals surface area contributed by atoms with Crippen LogP contribution in [0.15, 0.2) is 36.5 Å². The predicted molar refractivity (Wildman–Crippen MR) is 76.2 cm³/mol. The van der Waals surface area contributed by atoms with E-state index >= 15 is 0 Å². The average Bonchev–Trinajstić information content (AvgIpc) is 2.85. The number of nitrogens with one attached hydrogen (secondary N) is 1. The highest BCUT2D eigenvalue weighted by Gasteiger charge is 2.08. The standard InChI is InChI=1S/C15H19N3O/c1-3-4-5-12-6-8-13(9-7-12)16-15(19)14-10-11-18(2)17-14/h6-11H,3-5H2,1-2H3,(H,16,19). The minimum absolute atomic E-state index is 0.179. The third kappa shape index (κ3) is 3.68. The van der Waals surface area contributed by atoms with Crippen LogP contribution >= 0.6 is 0 Å². The highest BCUT2D eigenvalue weighted by molar-refractivity contribution is 6.02. The fourth-order valence-corrected chi connectivity index (χ4v) is 1.87. The van der Waals surface area contributed by atoms with Gasteiger partial charge in [-0.25, -0.2) is 0 Å². The number of rotatable bonds is 5. The van der Waals surface area contributed by atoms with E-state index in [0.29, 0.717) is 5.69 Å². The molecular weight excluding hydrogens is 238 g/mol. The molecule has 1 N–H and O–H groups in total. The van der Waals surface area contributed by atoms with Crippen molar-refractivity contribution in [1.29, 1.82) is 0 Å². The van der Waals surface area contributed by atoms with Crippen LogP contribution in [0.25, 0.3) is 0 Å². The highest BCUT2D eigenvalue weighted by atomic mass is 16.1. The van der Waals surface area contributed by atoms with Crippen molar-refractivity contribution < 1.29 is 4.79 Å². The molecule has 100 valence electrons. The van der Waals surface area contributed by atoms with Crippen LogP contribution in [0.3, 0.4) is 0 Å². The number of benzene rings is 1. The Hall–Kier alpha value is -2.10. The molecule has 2 rings (SSSR count). The number of anilines is 1. The van der Waals surface area contributed by atoms with Crippen LogP contribution in [0.5, 0.6) is 0 Å². The fraction of sp³-hybridized carbons (Fsp3) is 0.333. The van der Waals surface area contributed by atoms with Gasteiger partial charge in [0, 0.05) is 18.9 Å². The van der Waals surface area contributed by atoms with Crippen molar-refractivity contribution in [3.05, 3.63) is 47.8 Å². The van der Waals surface area contributed by atoms with Gasteiger partial charge in [-0.15, -0.1) is 0 Å². The van der Waals surface area contributed by atoms with Crippen molar-refractivity contribution in [3.63, 3.8) is 0 Å². The molecule has 0 aliphatic heterocycles. The summed E-state index contributed by atoms with van der Waals surface area (Å²) in [6, 6.07) is 9.69. The first kappa shape index (κ1) is 13.3. The molecule has 1 amide bonds. The number of unbranched alkanes of at least 4 members (excludes halogenated alkanes) is 1. The molecule has 0 unspecified atom stereocenters. The van der Waals surface area contributed by atoms with Gasteiger partial charge in [0.25, 0.3) is 5.91 Å². The van der Waals surface area contributed by atoms with Crippen LogP contribution in [0, 0.1) is 0 Å². The Morgan fingerprint density at radius 2 is 2.00 bits per heavy atom. The lowest BCUT2D eigenvalue weighted by Crippen LogP contribution is -2.12. The summed E-state index contributed by atoms with van der Waals surface area (Å²) < 4.78 is 1.61. The summed E-state index contributed by atoms with van der Waals surface area (Å²) in [5, 5.41) is 6.91. The summed E-state index contributed by atoms with van der Waals surface area (Å²) in [5.41, 5.74) is 2.53. The number of aromatic nitrogens is 2. The second kappa shape index (κ2) is 6.18. The van der Waals surface area contributed by atoms with Gasteiger partial charge < -0.3 is 5.32 Å². The van der Waals surface area contributed by atoms with E-state index in [4.69, 9.17) is 0 Å². The molecule has 0 fully saturated rings. The Kier molecular flexibility index (Phi) is 4.34. The van der Waals surface area contributed by atoms with Crippen molar-refractivity contribution in [1.82, 2.24) is 9.78 Å². The lowest BCUT2D eigenvalue weighted by molar-refractivity contribution is 0.102. The lowest BCUT2D eigenvalue weighted by atomic mass is 10.1. The molecule has 0 spiro atoms. The first-order valence-corrected chi connectivity index (χ1v) is 6.59. The Bertz CT molecular complexity index is 543. The van der Waals surface area contributed by atoms with Crippen molar-refractivity contribution in [2.75, 3.05) is 5.32 Å². The monoisotopic (exact) mass is 257 g/mol. The van der Waals surface area contributed by atoms with Crippen LogP contribution in [0.2, 0.25) is 0 Å². The van der Waals surface area contributed by atoms with Gasteiger partial charge in [-0.2, -0.15) is 5.10 Å². The average molecular weight is 257 g/mol. The second-order valence-corrected chi connectivity index (χ2v) is 4.63. The maximum absolute atomic E-state index is 11.9. The molecule has 0 saturated carbocycles. The molecule has 0 bridgehead atoms. The molecule has 1 aromatic carbocycles. The Morgan fingerprint density at radius 3 is 2.58 bits per heavy atom. The molecule has 19 heavy (non-hydrogen) atoms. The van der Waals surface area contributed by atoms with Crippen molar-refractivity contribution >= 4 is 11.6 Å². The molecule has 0 aliphatic carbocycles. The van der Waals surface area contributed by atoms with Crippen LogP contribution in [0.4, 0.5) is 5.69 Å². The molecule has 1 aromatic heterocycles.